The standard InChI is InChI=1S/C23H18ClN5O2/c24-15-4-5-17-18(12-15)28-21(27-17)14-3-6-19(26-13-14)29-10-7-23(8-11-29)16-2-1-9-25-20(16)22(30)31-23/h1-6,9,12-13H,7-8,10-11H2,(H,27,28). The van der Waals surface area contributed by atoms with Crippen molar-refractivity contribution in [2.45, 2.75) is 18.4 Å². The summed E-state index contributed by atoms with van der Waals surface area (Å²) in [6.07, 6.45) is 4.89. The molecule has 0 amide bonds. The van der Waals surface area contributed by atoms with E-state index in [0.29, 0.717) is 23.6 Å². The predicted molar refractivity (Wildman–Crippen MR) is 117 cm³/mol. The third-order valence-electron chi connectivity index (χ3n) is 6.14. The molecule has 1 fully saturated rings. The largest absolute Gasteiger partial charge is 0.449 e. The molecule has 7 nitrogen and oxygen atoms in total. The van der Waals surface area contributed by atoms with Crippen molar-refractivity contribution in [3.8, 4) is 11.4 Å². The van der Waals surface area contributed by atoms with Gasteiger partial charge in [-0.1, -0.05) is 17.7 Å². The summed E-state index contributed by atoms with van der Waals surface area (Å²) < 4.78 is 5.79. The molecule has 6 rings (SSSR count). The van der Waals surface area contributed by atoms with Crippen LogP contribution in [0.3, 0.4) is 0 Å². The van der Waals surface area contributed by atoms with Gasteiger partial charge in [0.1, 0.15) is 17.2 Å². The zero-order valence-electron chi connectivity index (χ0n) is 16.5. The number of benzene rings is 1. The maximum atomic E-state index is 12.2. The van der Waals surface area contributed by atoms with Crippen LogP contribution in [-0.2, 0) is 10.3 Å². The van der Waals surface area contributed by atoms with Crippen LogP contribution >= 0.6 is 11.6 Å². The minimum absolute atomic E-state index is 0.321. The highest BCUT2D eigenvalue weighted by molar-refractivity contribution is 6.31. The minimum atomic E-state index is -0.563. The topological polar surface area (TPSA) is 84.0 Å². The Bertz CT molecular complexity index is 1310. The van der Waals surface area contributed by atoms with E-state index in [2.05, 4.69) is 24.8 Å². The van der Waals surface area contributed by atoms with Crippen molar-refractivity contribution in [2.24, 2.45) is 0 Å². The van der Waals surface area contributed by atoms with Gasteiger partial charge in [-0.15, -0.1) is 0 Å². The summed E-state index contributed by atoms with van der Waals surface area (Å²) in [5, 5.41) is 0.660. The van der Waals surface area contributed by atoms with Crippen molar-refractivity contribution < 1.29 is 9.53 Å². The average molecular weight is 432 g/mol. The summed E-state index contributed by atoms with van der Waals surface area (Å²) in [6, 6.07) is 13.4. The molecule has 1 aromatic carbocycles. The fourth-order valence-corrected chi connectivity index (χ4v) is 4.68. The van der Waals surface area contributed by atoms with Crippen LogP contribution in [-0.4, -0.2) is 39.0 Å². The molecule has 0 aliphatic carbocycles. The number of hydrogen-bond donors (Lipinski definition) is 1. The van der Waals surface area contributed by atoms with Gasteiger partial charge >= 0.3 is 5.97 Å². The number of pyridine rings is 2. The summed E-state index contributed by atoms with van der Waals surface area (Å²) in [4.78, 5) is 31.2. The van der Waals surface area contributed by atoms with Crippen LogP contribution < -0.4 is 4.90 Å². The van der Waals surface area contributed by atoms with Gasteiger partial charge < -0.3 is 14.6 Å². The first-order valence-electron chi connectivity index (χ1n) is 10.2. The van der Waals surface area contributed by atoms with E-state index in [4.69, 9.17) is 16.3 Å². The molecule has 0 bridgehead atoms. The molecule has 5 heterocycles. The van der Waals surface area contributed by atoms with E-state index in [1.165, 1.54) is 0 Å². The monoisotopic (exact) mass is 431 g/mol. The zero-order valence-corrected chi connectivity index (χ0v) is 17.3. The SMILES string of the molecule is O=C1OC2(CCN(c3ccc(-c4nc5cc(Cl)ccc5[nH]4)cn3)CC2)c2cccnc21. The maximum absolute atomic E-state index is 12.2. The summed E-state index contributed by atoms with van der Waals surface area (Å²) >= 11 is 6.06. The molecule has 2 aliphatic rings. The smallest absolute Gasteiger partial charge is 0.358 e. The number of H-pyrrole nitrogens is 1. The second kappa shape index (κ2) is 6.78. The first-order valence-corrected chi connectivity index (χ1v) is 10.5. The Morgan fingerprint density at radius 1 is 1.10 bits per heavy atom. The van der Waals surface area contributed by atoms with Gasteiger partial charge in [0.15, 0.2) is 5.69 Å². The van der Waals surface area contributed by atoms with E-state index in [9.17, 15) is 4.79 Å². The Morgan fingerprint density at radius 3 is 2.77 bits per heavy atom. The summed E-state index contributed by atoms with van der Waals surface area (Å²) in [5.41, 5.74) is 3.47. The molecule has 1 saturated heterocycles. The molecule has 1 spiro atoms. The van der Waals surface area contributed by atoms with Gasteiger partial charge in [-0.3, -0.25) is 0 Å². The van der Waals surface area contributed by atoms with Gasteiger partial charge in [0.25, 0.3) is 0 Å². The second-order valence-electron chi connectivity index (χ2n) is 7.92. The third kappa shape index (κ3) is 2.96. The highest BCUT2D eigenvalue weighted by Crippen LogP contribution is 2.43. The molecule has 1 N–H and O–H groups in total. The highest BCUT2D eigenvalue weighted by atomic mass is 35.5. The number of rotatable bonds is 2. The molecule has 154 valence electrons. The first kappa shape index (κ1) is 18.3. The lowest BCUT2D eigenvalue weighted by Crippen LogP contribution is -2.43. The predicted octanol–water partition coefficient (Wildman–Crippen LogP) is 4.34. The Balaban J connectivity index is 1.21. The summed E-state index contributed by atoms with van der Waals surface area (Å²) in [7, 11) is 0. The number of piperidine rings is 1. The third-order valence-corrected chi connectivity index (χ3v) is 6.38. The number of nitrogens with one attached hydrogen (secondary N) is 1. The average Bonchev–Trinajstić information content (AvgIpc) is 3.34. The Labute approximate surface area is 183 Å². The Kier molecular flexibility index (Phi) is 4.01. The van der Waals surface area contributed by atoms with E-state index in [0.717, 1.165) is 46.9 Å². The van der Waals surface area contributed by atoms with Crippen LogP contribution in [0.4, 0.5) is 5.82 Å². The summed E-state index contributed by atoms with van der Waals surface area (Å²) in [6.45, 7) is 1.49. The fraction of sp³-hybridized carbons (Fsp3) is 0.217. The van der Waals surface area contributed by atoms with E-state index in [1.807, 2.05) is 48.7 Å². The molecular weight excluding hydrogens is 414 g/mol. The number of hydrogen-bond acceptors (Lipinski definition) is 6. The number of halogens is 1. The molecule has 4 aromatic rings. The van der Waals surface area contributed by atoms with Crippen molar-refractivity contribution >= 4 is 34.4 Å². The number of carbonyl (C=O) groups excluding carboxylic acids is 1. The maximum Gasteiger partial charge on any atom is 0.358 e. The number of imidazole rings is 1. The van der Waals surface area contributed by atoms with Crippen LogP contribution in [0.5, 0.6) is 0 Å². The van der Waals surface area contributed by atoms with Crippen molar-refractivity contribution in [3.63, 3.8) is 0 Å². The van der Waals surface area contributed by atoms with Gasteiger partial charge in [0.05, 0.1) is 11.0 Å². The van der Waals surface area contributed by atoms with Crippen molar-refractivity contribution in [3.05, 3.63) is 71.1 Å². The Morgan fingerprint density at radius 2 is 1.97 bits per heavy atom. The number of nitrogens with zero attached hydrogens (tertiary/aromatic N) is 4. The van der Waals surface area contributed by atoms with Crippen LogP contribution in [0.2, 0.25) is 5.02 Å². The number of esters is 1. The summed E-state index contributed by atoms with van der Waals surface area (Å²) in [5.74, 6) is 1.34. The van der Waals surface area contributed by atoms with Crippen LogP contribution in [0.15, 0.2) is 54.9 Å². The molecule has 31 heavy (non-hydrogen) atoms. The van der Waals surface area contributed by atoms with E-state index in [-0.39, 0.29) is 5.97 Å². The molecule has 0 saturated carbocycles. The quantitative estimate of drug-likeness (QED) is 0.475. The van der Waals surface area contributed by atoms with Crippen LogP contribution in [0.1, 0.15) is 28.9 Å². The normalized spacial score (nSPS) is 17.2. The first-order chi connectivity index (χ1) is 15.1. The van der Waals surface area contributed by atoms with Crippen LogP contribution in [0.25, 0.3) is 22.4 Å². The lowest BCUT2D eigenvalue weighted by atomic mass is 9.85. The van der Waals surface area contributed by atoms with Crippen molar-refractivity contribution in [1.29, 1.82) is 0 Å². The van der Waals surface area contributed by atoms with Gasteiger partial charge in [0, 0.05) is 54.5 Å². The molecule has 2 aliphatic heterocycles. The zero-order chi connectivity index (χ0) is 21.0. The van der Waals surface area contributed by atoms with E-state index >= 15 is 0 Å². The fourth-order valence-electron chi connectivity index (χ4n) is 4.51. The van der Waals surface area contributed by atoms with Gasteiger partial charge in [-0.25, -0.2) is 19.7 Å². The van der Waals surface area contributed by atoms with Gasteiger partial charge in [-0.2, -0.15) is 0 Å². The lowest BCUT2D eigenvalue weighted by molar-refractivity contribution is -0.0212. The van der Waals surface area contributed by atoms with E-state index in [1.54, 1.807) is 6.20 Å². The van der Waals surface area contributed by atoms with Crippen molar-refractivity contribution in [1.82, 2.24) is 19.9 Å². The molecular formula is C23H18ClN5O2. The van der Waals surface area contributed by atoms with Crippen LogP contribution in [0, 0.1) is 0 Å². The lowest BCUT2D eigenvalue weighted by Gasteiger charge is -2.38. The van der Waals surface area contributed by atoms with Crippen molar-refractivity contribution in [2.75, 3.05) is 18.0 Å². The number of anilines is 1. The molecule has 0 radical (unpaired) electrons. The number of carbonyl (C=O) groups is 1. The van der Waals surface area contributed by atoms with Gasteiger partial charge in [-0.05, 0) is 36.4 Å². The Hall–Kier alpha value is -3.45. The number of ether oxygens (including phenoxy) is 1. The number of aromatic nitrogens is 4. The number of fused-ring (bicyclic) bond motifs is 3. The molecule has 0 atom stereocenters. The van der Waals surface area contributed by atoms with Gasteiger partial charge in [0.2, 0.25) is 0 Å². The second-order valence-corrected chi connectivity index (χ2v) is 8.36. The minimum Gasteiger partial charge on any atom is -0.449 e. The highest BCUT2D eigenvalue weighted by Gasteiger charge is 2.48. The molecule has 0 unspecified atom stereocenters. The van der Waals surface area contributed by atoms with E-state index < -0.39 is 5.60 Å². The molecule has 8 heteroatoms. The molecule has 3 aromatic heterocycles. The number of aromatic amines is 1.